The number of fused-ring (bicyclic) bond motifs is 1. The molecule has 0 fully saturated rings. The van der Waals surface area contributed by atoms with Gasteiger partial charge in [-0.2, -0.15) is 5.10 Å². The normalized spacial score (nSPS) is 10.9. The molecule has 134 valence electrons. The molecule has 4 rings (SSSR count). The first-order chi connectivity index (χ1) is 13.0. The van der Waals surface area contributed by atoms with Gasteiger partial charge in [0.25, 0.3) is 5.91 Å². The third kappa shape index (κ3) is 3.27. The molecular weight excluding hydrogens is 350 g/mol. The second kappa shape index (κ2) is 6.60. The molecule has 2 aromatic carbocycles. The first-order valence-electron chi connectivity index (χ1n) is 8.17. The van der Waals surface area contributed by atoms with Crippen LogP contribution in [-0.2, 0) is 7.05 Å². The van der Waals surface area contributed by atoms with Crippen LogP contribution >= 0.6 is 0 Å². The van der Waals surface area contributed by atoms with E-state index in [0.717, 1.165) is 0 Å². The lowest BCUT2D eigenvalue weighted by molar-refractivity contribution is 0.102. The molecule has 27 heavy (non-hydrogen) atoms. The van der Waals surface area contributed by atoms with Crippen molar-refractivity contribution in [1.82, 2.24) is 14.8 Å². The largest absolute Gasteiger partial charge is 0.322 e. The number of nitrogens with zero attached hydrogens (tertiary/aromatic N) is 3. The van der Waals surface area contributed by atoms with Crippen molar-refractivity contribution >= 4 is 22.6 Å². The van der Waals surface area contributed by atoms with Crippen molar-refractivity contribution in [3.8, 4) is 11.3 Å². The minimum Gasteiger partial charge on any atom is -0.322 e. The second-order valence-corrected chi connectivity index (χ2v) is 6.04. The standard InChI is InChI=1S/C20H14F2N4O/c1-26-19-17(11-23-26)16(20(27)24-15-7-3-6-14(22)9-15)10-18(25-19)12-4-2-5-13(21)8-12/h2-11H,1H3,(H,24,27). The van der Waals surface area contributed by atoms with Gasteiger partial charge in [0.15, 0.2) is 5.65 Å². The molecule has 1 N–H and O–H groups in total. The molecular formula is C20H14F2N4O. The molecule has 0 bridgehead atoms. The number of hydrogen-bond donors (Lipinski definition) is 1. The number of aryl methyl sites for hydroxylation is 1. The third-order valence-corrected chi connectivity index (χ3v) is 4.15. The summed E-state index contributed by atoms with van der Waals surface area (Å²) in [4.78, 5) is 17.3. The first kappa shape index (κ1) is 16.8. The average Bonchev–Trinajstić information content (AvgIpc) is 3.02. The van der Waals surface area contributed by atoms with Crippen LogP contribution in [0, 0.1) is 11.6 Å². The second-order valence-electron chi connectivity index (χ2n) is 6.04. The van der Waals surface area contributed by atoms with E-state index in [-0.39, 0.29) is 0 Å². The van der Waals surface area contributed by atoms with Gasteiger partial charge in [0.2, 0.25) is 0 Å². The number of carbonyl (C=O) groups excluding carboxylic acids is 1. The Hall–Kier alpha value is -3.61. The molecule has 0 radical (unpaired) electrons. The maximum atomic E-state index is 13.6. The molecule has 0 saturated carbocycles. The summed E-state index contributed by atoms with van der Waals surface area (Å²) in [7, 11) is 1.71. The van der Waals surface area contributed by atoms with Crippen molar-refractivity contribution in [1.29, 1.82) is 0 Å². The maximum Gasteiger partial charge on any atom is 0.256 e. The van der Waals surface area contributed by atoms with Crippen molar-refractivity contribution in [2.24, 2.45) is 7.05 Å². The molecule has 0 spiro atoms. The summed E-state index contributed by atoms with van der Waals surface area (Å²) in [5.41, 5.74) is 2.12. The van der Waals surface area contributed by atoms with Crippen molar-refractivity contribution in [3.63, 3.8) is 0 Å². The van der Waals surface area contributed by atoms with Crippen LogP contribution in [0.5, 0.6) is 0 Å². The summed E-state index contributed by atoms with van der Waals surface area (Å²) in [6, 6.07) is 13.2. The van der Waals surface area contributed by atoms with Gasteiger partial charge >= 0.3 is 0 Å². The molecule has 7 heteroatoms. The zero-order chi connectivity index (χ0) is 19.0. The summed E-state index contributed by atoms with van der Waals surface area (Å²) < 4.78 is 28.5. The van der Waals surface area contributed by atoms with Gasteiger partial charge in [0.05, 0.1) is 22.8 Å². The zero-order valence-electron chi connectivity index (χ0n) is 14.3. The number of anilines is 1. The summed E-state index contributed by atoms with van der Waals surface area (Å²) in [5, 5.41) is 7.37. The van der Waals surface area contributed by atoms with Gasteiger partial charge < -0.3 is 5.32 Å². The van der Waals surface area contributed by atoms with E-state index in [2.05, 4.69) is 15.4 Å². The molecule has 1 amide bonds. The third-order valence-electron chi connectivity index (χ3n) is 4.15. The van der Waals surface area contributed by atoms with Gasteiger partial charge in [0.1, 0.15) is 11.6 Å². The van der Waals surface area contributed by atoms with E-state index in [1.165, 1.54) is 41.2 Å². The van der Waals surface area contributed by atoms with Crippen molar-refractivity contribution in [2.45, 2.75) is 0 Å². The van der Waals surface area contributed by atoms with Crippen LogP contribution in [0.1, 0.15) is 10.4 Å². The van der Waals surface area contributed by atoms with Gasteiger partial charge in [-0.3, -0.25) is 9.48 Å². The van der Waals surface area contributed by atoms with Crippen LogP contribution in [0.25, 0.3) is 22.3 Å². The van der Waals surface area contributed by atoms with E-state index in [1.807, 2.05) is 0 Å². The highest BCUT2D eigenvalue weighted by atomic mass is 19.1. The Morgan fingerprint density at radius 2 is 1.78 bits per heavy atom. The SMILES string of the molecule is Cn1ncc2c(C(=O)Nc3cccc(F)c3)cc(-c3cccc(F)c3)nc21. The van der Waals surface area contributed by atoms with Crippen LogP contribution in [0.15, 0.2) is 60.8 Å². The first-order valence-corrected chi connectivity index (χ1v) is 8.17. The van der Waals surface area contributed by atoms with Crippen LogP contribution in [-0.4, -0.2) is 20.7 Å². The Morgan fingerprint density at radius 1 is 1.04 bits per heavy atom. The number of benzene rings is 2. The lowest BCUT2D eigenvalue weighted by Crippen LogP contribution is -2.13. The van der Waals surface area contributed by atoms with E-state index in [0.29, 0.717) is 33.5 Å². The highest BCUT2D eigenvalue weighted by Crippen LogP contribution is 2.26. The summed E-state index contributed by atoms with van der Waals surface area (Å²) in [5.74, 6) is -1.28. The van der Waals surface area contributed by atoms with Gasteiger partial charge in [-0.15, -0.1) is 0 Å². The minimum absolute atomic E-state index is 0.316. The highest BCUT2D eigenvalue weighted by Gasteiger charge is 2.17. The number of nitrogens with one attached hydrogen (secondary N) is 1. The Balaban J connectivity index is 1.82. The van der Waals surface area contributed by atoms with E-state index >= 15 is 0 Å². The average molecular weight is 364 g/mol. The molecule has 2 heterocycles. The smallest absolute Gasteiger partial charge is 0.256 e. The van der Waals surface area contributed by atoms with E-state index in [4.69, 9.17) is 0 Å². The highest BCUT2D eigenvalue weighted by molar-refractivity contribution is 6.12. The number of carbonyl (C=O) groups is 1. The van der Waals surface area contributed by atoms with Crippen LogP contribution in [0.3, 0.4) is 0 Å². The summed E-state index contributed by atoms with van der Waals surface area (Å²) in [6.45, 7) is 0. The van der Waals surface area contributed by atoms with Gasteiger partial charge in [-0.25, -0.2) is 13.8 Å². The lowest BCUT2D eigenvalue weighted by atomic mass is 10.1. The van der Waals surface area contributed by atoms with Crippen LogP contribution < -0.4 is 5.32 Å². The fourth-order valence-corrected chi connectivity index (χ4v) is 2.86. The van der Waals surface area contributed by atoms with E-state index < -0.39 is 17.5 Å². The summed E-state index contributed by atoms with van der Waals surface area (Å²) >= 11 is 0. The predicted molar refractivity (Wildman–Crippen MR) is 98.3 cm³/mol. The number of hydrogen-bond acceptors (Lipinski definition) is 3. The fourth-order valence-electron chi connectivity index (χ4n) is 2.86. The van der Waals surface area contributed by atoms with Crippen LogP contribution in [0.4, 0.5) is 14.5 Å². The number of halogens is 2. The molecule has 0 aliphatic heterocycles. The van der Waals surface area contributed by atoms with E-state index in [1.54, 1.807) is 31.3 Å². The predicted octanol–water partition coefficient (Wildman–Crippen LogP) is 4.17. The molecule has 4 aromatic rings. The quantitative estimate of drug-likeness (QED) is 0.594. The molecule has 2 aromatic heterocycles. The maximum absolute atomic E-state index is 13.6. The molecule has 0 aliphatic carbocycles. The monoisotopic (exact) mass is 364 g/mol. The van der Waals surface area contributed by atoms with Crippen LogP contribution in [0.2, 0.25) is 0 Å². The minimum atomic E-state index is -0.450. The molecule has 0 unspecified atom stereocenters. The topological polar surface area (TPSA) is 59.8 Å². The molecule has 0 atom stereocenters. The Bertz CT molecular complexity index is 1170. The lowest BCUT2D eigenvalue weighted by Gasteiger charge is -2.09. The Kier molecular flexibility index (Phi) is 4.12. The van der Waals surface area contributed by atoms with Crippen molar-refractivity contribution in [2.75, 3.05) is 5.32 Å². The summed E-state index contributed by atoms with van der Waals surface area (Å²) in [6.07, 6.45) is 1.54. The van der Waals surface area contributed by atoms with Crippen molar-refractivity contribution < 1.29 is 13.6 Å². The number of amides is 1. The Labute approximate surface area is 153 Å². The Morgan fingerprint density at radius 3 is 2.52 bits per heavy atom. The van der Waals surface area contributed by atoms with Gasteiger partial charge in [-0.1, -0.05) is 18.2 Å². The molecule has 0 aliphatic rings. The fraction of sp³-hybridized carbons (Fsp3) is 0.0500. The van der Waals surface area contributed by atoms with Gasteiger partial charge in [-0.05, 0) is 36.4 Å². The number of rotatable bonds is 3. The molecule has 0 saturated heterocycles. The van der Waals surface area contributed by atoms with Crippen molar-refractivity contribution in [3.05, 3.63) is 78.0 Å². The van der Waals surface area contributed by atoms with Gasteiger partial charge in [0, 0.05) is 18.3 Å². The molecule has 5 nitrogen and oxygen atoms in total. The van der Waals surface area contributed by atoms with E-state index in [9.17, 15) is 13.6 Å². The number of aromatic nitrogens is 3. The zero-order valence-corrected chi connectivity index (χ0v) is 14.3. The number of pyridine rings is 1.